The molecule has 0 aliphatic rings. The topological polar surface area (TPSA) is 46.4 Å². The first-order chi connectivity index (χ1) is 13.1. The lowest BCUT2D eigenvalue weighted by atomic mass is 10.1. The number of carbonyl (C=O) groups is 1. The summed E-state index contributed by atoms with van der Waals surface area (Å²) >= 11 is 5.87. The Morgan fingerprint density at radius 3 is 2.56 bits per heavy atom. The molecule has 0 aliphatic carbocycles. The van der Waals surface area contributed by atoms with Crippen molar-refractivity contribution in [2.75, 3.05) is 5.32 Å². The Morgan fingerprint density at radius 1 is 1.07 bits per heavy atom. The van der Waals surface area contributed by atoms with Crippen LogP contribution in [0.4, 0.5) is 5.69 Å². The Morgan fingerprint density at radius 2 is 1.81 bits per heavy atom. The lowest BCUT2D eigenvalue weighted by Gasteiger charge is -2.06. The summed E-state index contributed by atoms with van der Waals surface area (Å²) in [4.78, 5) is 16.9. The largest absolute Gasteiger partial charge is 0.326 e. The number of anilines is 1. The summed E-state index contributed by atoms with van der Waals surface area (Å²) in [6.45, 7) is 2.05. The van der Waals surface area contributed by atoms with E-state index in [1.807, 2.05) is 53.2 Å². The first-order valence-electron chi connectivity index (χ1n) is 8.67. The smallest absolute Gasteiger partial charge is 0.228 e. The lowest BCUT2D eigenvalue weighted by molar-refractivity contribution is -0.115. The minimum atomic E-state index is -0.0618. The minimum absolute atomic E-state index is 0.0618. The second-order valence-electron chi connectivity index (χ2n) is 6.52. The van der Waals surface area contributed by atoms with Gasteiger partial charge in [-0.3, -0.25) is 4.79 Å². The van der Waals surface area contributed by atoms with E-state index >= 15 is 0 Å². The van der Waals surface area contributed by atoms with Crippen molar-refractivity contribution in [1.29, 1.82) is 0 Å². The Kier molecular flexibility index (Phi) is 4.65. The van der Waals surface area contributed by atoms with Gasteiger partial charge in [0.1, 0.15) is 5.65 Å². The van der Waals surface area contributed by atoms with Crippen LogP contribution in [-0.4, -0.2) is 15.3 Å². The van der Waals surface area contributed by atoms with Gasteiger partial charge in [0.15, 0.2) is 0 Å². The number of nitrogens with one attached hydrogen (secondary N) is 1. The molecule has 0 saturated heterocycles. The molecule has 0 radical (unpaired) electrons. The summed E-state index contributed by atoms with van der Waals surface area (Å²) < 4.78 is 2.00. The molecule has 0 saturated carbocycles. The summed E-state index contributed by atoms with van der Waals surface area (Å²) in [5.74, 6) is -0.0618. The van der Waals surface area contributed by atoms with Gasteiger partial charge in [0.2, 0.25) is 5.91 Å². The van der Waals surface area contributed by atoms with Crippen LogP contribution in [0.2, 0.25) is 5.02 Å². The van der Waals surface area contributed by atoms with Gasteiger partial charge in [-0.1, -0.05) is 35.9 Å². The normalized spacial score (nSPS) is 10.9. The fourth-order valence-electron chi connectivity index (χ4n) is 2.94. The van der Waals surface area contributed by atoms with Gasteiger partial charge in [-0.05, 0) is 54.4 Å². The summed E-state index contributed by atoms with van der Waals surface area (Å²) in [6, 6.07) is 19.1. The number of hydrogen-bond acceptors (Lipinski definition) is 2. The SMILES string of the molecule is Cc1ccn2cc(-c3ccc(NC(=O)Cc4ccc(Cl)cc4)cc3)nc2c1. The number of halogens is 1. The molecule has 4 nitrogen and oxygen atoms in total. The first-order valence-corrected chi connectivity index (χ1v) is 9.05. The third-order valence-electron chi connectivity index (χ3n) is 4.36. The fourth-order valence-corrected chi connectivity index (χ4v) is 3.07. The van der Waals surface area contributed by atoms with Gasteiger partial charge in [0.05, 0.1) is 12.1 Å². The van der Waals surface area contributed by atoms with Crippen molar-refractivity contribution in [3.63, 3.8) is 0 Å². The van der Waals surface area contributed by atoms with Gasteiger partial charge in [-0.25, -0.2) is 4.98 Å². The molecule has 4 aromatic rings. The zero-order valence-corrected chi connectivity index (χ0v) is 15.6. The summed E-state index contributed by atoms with van der Waals surface area (Å²) in [6.07, 6.45) is 4.32. The molecule has 5 heteroatoms. The van der Waals surface area contributed by atoms with E-state index in [0.29, 0.717) is 11.4 Å². The van der Waals surface area contributed by atoms with E-state index in [4.69, 9.17) is 11.6 Å². The van der Waals surface area contributed by atoms with E-state index in [0.717, 1.165) is 28.2 Å². The predicted molar refractivity (Wildman–Crippen MR) is 109 cm³/mol. The van der Waals surface area contributed by atoms with Crippen LogP contribution in [0.1, 0.15) is 11.1 Å². The number of aromatic nitrogens is 2. The van der Waals surface area contributed by atoms with Crippen molar-refractivity contribution in [2.24, 2.45) is 0 Å². The second-order valence-corrected chi connectivity index (χ2v) is 6.96. The molecule has 0 unspecified atom stereocenters. The van der Waals surface area contributed by atoms with E-state index in [-0.39, 0.29) is 5.91 Å². The maximum Gasteiger partial charge on any atom is 0.228 e. The molecule has 1 N–H and O–H groups in total. The van der Waals surface area contributed by atoms with Crippen LogP contribution >= 0.6 is 11.6 Å². The van der Waals surface area contributed by atoms with Crippen molar-refractivity contribution in [3.8, 4) is 11.3 Å². The molecular weight excluding hydrogens is 358 g/mol. The fraction of sp³-hybridized carbons (Fsp3) is 0.0909. The second kappa shape index (κ2) is 7.25. The third kappa shape index (κ3) is 4.01. The zero-order valence-electron chi connectivity index (χ0n) is 14.8. The predicted octanol–water partition coefficient (Wildman–Crippen LogP) is 5.14. The van der Waals surface area contributed by atoms with Crippen LogP contribution < -0.4 is 5.32 Å². The van der Waals surface area contributed by atoms with E-state index in [9.17, 15) is 4.79 Å². The van der Waals surface area contributed by atoms with E-state index in [1.54, 1.807) is 12.1 Å². The summed E-state index contributed by atoms with van der Waals surface area (Å²) in [5.41, 5.74) is 5.70. The number of aryl methyl sites for hydroxylation is 1. The number of hydrogen-bond donors (Lipinski definition) is 1. The van der Waals surface area contributed by atoms with Crippen molar-refractivity contribution >= 4 is 28.8 Å². The number of imidazole rings is 1. The van der Waals surface area contributed by atoms with Gasteiger partial charge in [0, 0.05) is 28.7 Å². The molecule has 134 valence electrons. The molecule has 2 aromatic carbocycles. The molecule has 0 aliphatic heterocycles. The van der Waals surface area contributed by atoms with Crippen molar-refractivity contribution in [3.05, 3.63) is 89.2 Å². The number of carbonyl (C=O) groups excluding carboxylic acids is 1. The number of nitrogens with zero attached hydrogens (tertiary/aromatic N) is 2. The highest BCUT2D eigenvalue weighted by Gasteiger charge is 2.07. The number of amides is 1. The van der Waals surface area contributed by atoms with Gasteiger partial charge in [-0.15, -0.1) is 0 Å². The maximum atomic E-state index is 12.2. The third-order valence-corrected chi connectivity index (χ3v) is 4.61. The lowest BCUT2D eigenvalue weighted by Crippen LogP contribution is -2.14. The maximum absolute atomic E-state index is 12.2. The molecule has 0 atom stereocenters. The Bertz CT molecular complexity index is 1100. The number of fused-ring (bicyclic) bond motifs is 1. The van der Waals surface area contributed by atoms with E-state index in [2.05, 4.69) is 29.4 Å². The van der Waals surface area contributed by atoms with Gasteiger partial charge in [-0.2, -0.15) is 0 Å². The minimum Gasteiger partial charge on any atom is -0.326 e. The average Bonchev–Trinajstić information content (AvgIpc) is 3.07. The van der Waals surface area contributed by atoms with Crippen LogP contribution in [-0.2, 0) is 11.2 Å². The molecule has 27 heavy (non-hydrogen) atoms. The van der Waals surface area contributed by atoms with Crippen LogP contribution in [0, 0.1) is 6.92 Å². The number of pyridine rings is 1. The Labute approximate surface area is 162 Å². The monoisotopic (exact) mass is 375 g/mol. The number of rotatable bonds is 4. The van der Waals surface area contributed by atoms with Crippen LogP contribution in [0.3, 0.4) is 0 Å². The Hall–Kier alpha value is -3.11. The average molecular weight is 376 g/mol. The molecule has 1 amide bonds. The standard InChI is InChI=1S/C22H18ClN3O/c1-15-10-11-26-14-20(25-21(26)12-15)17-4-8-19(9-5-17)24-22(27)13-16-2-6-18(23)7-3-16/h2-12,14H,13H2,1H3,(H,24,27). The van der Waals surface area contributed by atoms with Gasteiger partial charge in [0.25, 0.3) is 0 Å². The first kappa shape index (κ1) is 17.3. The molecule has 2 heterocycles. The number of benzene rings is 2. The van der Waals surface area contributed by atoms with Crippen molar-refractivity contribution in [1.82, 2.24) is 9.38 Å². The Balaban J connectivity index is 1.46. The molecule has 0 bridgehead atoms. The highest BCUT2D eigenvalue weighted by atomic mass is 35.5. The zero-order chi connectivity index (χ0) is 18.8. The molecule has 0 spiro atoms. The van der Waals surface area contributed by atoms with Crippen molar-refractivity contribution < 1.29 is 4.79 Å². The van der Waals surface area contributed by atoms with Crippen LogP contribution in [0.25, 0.3) is 16.9 Å². The highest BCUT2D eigenvalue weighted by Crippen LogP contribution is 2.22. The quantitative estimate of drug-likeness (QED) is 0.536. The van der Waals surface area contributed by atoms with E-state index < -0.39 is 0 Å². The summed E-state index contributed by atoms with van der Waals surface area (Å²) in [5, 5.41) is 3.58. The molecular formula is C22H18ClN3O. The summed E-state index contributed by atoms with van der Waals surface area (Å²) in [7, 11) is 0. The van der Waals surface area contributed by atoms with Crippen LogP contribution in [0.5, 0.6) is 0 Å². The molecule has 0 fully saturated rings. The highest BCUT2D eigenvalue weighted by molar-refractivity contribution is 6.30. The molecule has 4 rings (SSSR count). The van der Waals surface area contributed by atoms with E-state index in [1.165, 1.54) is 5.56 Å². The van der Waals surface area contributed by atoms with Crippen LogP contribution in [0.15, 0.2) is 73.1 Å². The van der Waals surface area contributed by atoms with Gasteiger partial charge >= 0.3 is 0 Å². The molecule has 2 aromatic heterocycles. The van der Waals surface area contributed by atoms with Gasteiger partial charge < -0.3 is 9.72 Å². The van der Waals surface area contributed by atoms with Crippen molar-refractivity contribution in [2.45, 2.75) is 13.3 Å².